The van der Waals surface area contributed by atoms with Gasteiger partial charge in [0.15, 0.2) is 0 Å². The van der Waals surface area contributed by atoms with Crippen LogP contribution in [-0.2, 0) is 27.9 Å². The lowest BCUT2D eigenvalue weighted by Gasteiger charge is -2.27. The number of phosphoric acid groups is 1. The number of esters is 1. The predicted octanol–water partition coefficient (Wildman–Crippen LogP) is 16.3. The van der Waals surface area contributed by atoms with Crippen LogP contribution in [0.15, 0.2) is 85.1 Å². The Bertz CT molecular complexity index is 1440. The van der Waals surface area contributed by atoms with Gasteiger partial charge in [-0.3, -0.25) is 18.6 Å². The first-order valence-electron chi connectivity index (χ1n) is 27.5. The van der Waals surface area contributed by atoms with Crippen LogP contribution in [0.1, 0.15) is 220 Å². The number of hydrogen-bond acceptors (Lipinski definition) is 6. The van der Waals surface area contributed by atoms with Gasteiger partial charge < -0.3 is 19.4 Å². The van der Waals surface area contributed by atoms with E-state index < -0.39 is 20.0 Å². The second-order valence-corrected chi connectivity index (χ2v) is 21.0. The molecule has 0 radical (unpaired) electrons. The second kappa shape index (κ2) is 47.8. The first-order chi connectivity index (χ1) is 32.9. The summed E-state index contributed by atoms with van der Waals surface area (Å²) in [6.45, 7) is 6.81. The highest BCUT2D eigenvalue weighted by Gasteiger charge is 2.30. The highest BCUT2D eigenvalue weighted by molar-refractivity contribution is 7.47. The van der Waals surface area contributed by atoms with Crippen molar-refractivity contribution < 1.29 is 37.3 Å². The zero-order valence-electron chi connectivity index (χ0n) is 44.6. The van der Waals surface area contributed by atoms with Crippen LogP contribution in [0, 0.1) is 0 Å². The highest BCUT2D eigenvalue weighted by Crippen LogP contribution is 2.43. The average Bonchev–Trinajstić information content (AvgIpc) is 3.29. The van der Waals surface area contributed by atoms with Crippen LogP contribution in [0.25, 0.3) is 0 Å². The number of quaternary nitrogens is 1. The van der Waals surface area contributed by atoms with E-state index in [2.05, 4.69) is 38.2 Å². The maximum atomic E-state index is 13.5. The van der Waals surface area contributed by atoms with Crippen molar-refractivity contribution in [2.75, 3.05) is 40.9 Å². The number of allylic oxidation sites excluding steroid dienone is 13. The number of ether oxygens (including phenoxy) is 1. The summed E-state index contributed by atoms with van der Waals surface area (Å²) >= 11 is 0. The molecule has 3 atom stereocenters. The number of hydrogen-bond donors (Lipinski definition) is 2. The summed E-state index contributed by atoms with van der Waals surface area (Å²) in [7, 11) is 1.46. The summed E-state index contributed by atoms with van der Waals surface area (Å²) in [4.78, 5) is 37.5. The zero-order chi connectivity index (χ0) is 50.1. The van der Waals surface area contributed by atoms with E-state index in [0.29, 0.717) is 23.9 Å². The van der Waals surface area contributed by atoms with E-state index in [1.807, 2.05) is 94.1 Å². The molecule has 3 unspecified atom stereocenters. The third-order valence-electron chi connectivity index (χ3n) is 11.8. The molecule has 0 bridgehead atoms. The van der Waals surface area contributed by atoms with E-state index in [-0.39, 0.29) is 31.5 Å². The molecule has 0 rings (SSSR count). The highest BCUT2D eigenvalue weighted by atomic mass is 31.2. The van der Waals surface area contributed by atoms with Gasteiger partial charge in [-0.05, 0) is 51.0 Å². The van der Waals surface area contributed by atoms with E-state index in [1.165, 1.54) is 116 Å². The topological polar surface area (TPSA) is 111 Å². The number of nitrogens with one attached hydrogen (secondary N) is 1. The molecule has 2 N–H and O–H groups in total. The van der Waals surface area contributed by atoms with Gasteiger partial charge in [0.25, 0.3) is 0 Å². The number of rotatable bonds is 48. The minimum absolute atomic E-state index is 0.0299. The molecule has 392 valence electrons. The SMILES string of the molecule is CC\C=C/C=C/C=C/C=C\C=C\C=C\CCCCCC(=O)OC(/C=C/CCCCCCCCCCC)C(COP(=O)(O)OCC[N+](C)(C)C)NC(=O)CCCCCCCCCCCCCCCC. The Kier molecular flexibility index (Phi) is 45.9. The molecule has 0 aliphatic rings. The van der Waals surface area contributed by atoms with Gasteiger partial charge in [0.1, 0.15) is 19.3 Å². The van der Waals surface area contributed by atoms with Crippen molar-refractivity contribution in [1.82, 2.24) is 5.32 Å². The van der Waals surface area contributed by atoms with Crippen LogP contribution in [0.5, 0.6) is 0 Å². The van der Waals surface area contributed by atoms with Crippen molar-refractivity contribution >= 4 is 19.7 Å². The van der Waals surface area contributed by atoms with E-state index in [0.717, 1.165) is 64.2 Å². The lowest BCUT2D eigenvalue weighted by Crippen LogP contribution is -2.47. The molecule has 0 aliphatic heterocycles. The summed E-state index contributed by atoms with van der Waals surface area (Å²) in [5.41, 5.74) is 0. The fourth-order valence-corrected chi connectivity index (χ4v) is 8.24. The van der Waals surface area contributed by atoms with Gasteiger partial charge in [0, 0.05) is 12.8 Å². The molecule has 0 spiro atoms. The minimum atomic E-state index is -4.45. The first-order valence-corrected chi connectivity index (χ1v) is 29.0. The molecule has 0 heterocycles. The number of carbonyl (C=O) groups excluding carboxylic acids is 2. The molecule has 68 heavy (non-hydrogen) atoms. The molecule has 0 aliphatic carbocycles. The molecule has 10 heteroatoms. The number of nitrogens with zero attached hydrogens (tertiary/aromatic N) is 1. The van der Waals surface area contributed by atoms with E-state index in [9.17, 15) is 19.0 Å². The Hall–Kier alpha value is -2.81. The standard InChI is InChI=1S/C58H103N2O7P/c1-7-10-13-16-19-22-25-27-29-30-31-33-36-39-42-45-48-51-58(62)67-56(49-46-43-40-37-34-24-21-18-15-12-9-3)55(54-66-68(63,64)65-53-52-60(4,5)6)59-57(61)50-47-44-41-38-35-32-28-26-23-20-17-14-11-8-2/h10,13,16,19,22,25,27,29-31,33,36,46,49,55-56H,7-9,11-12,14-15,17-18,20-21,23-24,26,28,32,34-35,37-45,47-48,50-54H2,1-6H3,(H-,59,61,63,64)/p+1/b13-10-,19-16+,25-22+,29-27-,31-30+,36-33+,49-46+. The number of phosphoric ester groups is 1. The van der Waals surface area contributed by atoms with Crippen molar-refractivity contribution in [1.29, 1.82) is 0 Å². The van der Waals surface area contributed by atoms with Crippen molar-refractivity contribution in [3.05, 3.63) is 85.1 Å². The fraction of sp³-hybridized carbons (Fsp3) is 0.724. The molecule has 0 aromatic rings. The number of amides is 1. The van der Waals surface area contributed by atoms with Crippen LogP contribution in [0.2, 0.25) is 0 Å². The van der Waals surface area contributed by atoms with Gasteiger partial charge in [-0.1, -0.05) is 241 Å². The Morgan fingerprint density at radius 3 is 1.43 bits per heavy atom. The molecular weight excluding hydrogens is 868 g/mol. The molecule has 0 aromatic carbocycles. The summed E-state index contributed by atoms with van der Waals surface area (Å²) in [5, 5.41) is 3.03. The lowest BCUT2D eigenvalue weighted by atomic mass is 10.0. The summed E-state index contributed by atoms with van der Waals surface area (Å²) in [6, 6.07) is -0.867. The van der Waals surface area contributed by atoms with Crippen LogP contribution in [-0.4, -0.2) is 74.3 Å². The van der Waals surface area contributed by atoms with Gasteiger partial charge in [-0.25, -0.2) is 4.57 Å². The average molecular weight is 972 g/mol. The molecular formula is C58H104N2O7P+. The Morgan fingerprint density at radius 2 is 0.941 bits per heavy atom. The second-order valence-electron chi connectivity index (χ2n) is 19.5. The summed E-state index contributed by atoms with van der Waals surface area (Å²) in [5.74, 6) is -0.559. The molecule has 1 amide bonds. The Labute approximate surface area is 418 Å². The molecule has 0 fully saturated rings. The van der Waals surface area contributed by atoms with Gasteiger partial charge in [0.2, 0.25) is 5.91 Å². The monoisotopic (exact) mass is 972 g/mol. The van der Waals surface area contributed by atoms with Crippen molar-refractivity contribution in [3.63, 3.8) is 0 Å². The minimum Gasteiger partial charge on any atom is -0.456 e. The molecule has 0 saturated carbocycles. The van der Waals surface area contributed by atoms with E-state index >= 15 is 0 Å². The number of carbonyl (C=O) groups is 2. The third kappa shape index (κ3) is 48.2. The van der Waals surface area contributed by atoms with Crippen molar-refractivity contribution in [3.8, 4) is 0 Å². The fourth-order valence-electron chi connectivity index (χ4n) is 7.50. The normalized spacial score (nSPS) is 14.5. The van der Waals surface area contributed by atoms with Crippen LogP contribution in [0.4, 0.5) is 0 Å². The Morgan fingerprint density at radius 1 is 0.529 bits per heavy atom. The lowest BCUT2D eigenvalue weighted by molar-refractivity contribution is -0.870. The maximum absolute atomic E-state index is 13.5. The Balaban J connectivity index is 5.46. The zero-order valence-corrected chi connectivity index (χ0v) is 45.5. The van der Waals surface area contributed by atoms with Gasteiger partial charge in [-0.2, -0.15) is 0 Å². The summed E-state index contributed by atoms with van der Waals surface area (Å²) in [6.07, 6.45) is 61.4. The number of unbranched alkanes of at least 4 members (excludes halogenated alkanes) is 25. The maximum Gasteiger partial charge on any atom is 0.472 e. The van der Waals surface area contributed by atoms with Crippen LogP contribution < -0.4 is 5.32 Å². The largest absolute Gasteiger partial charge is 0.472 e. The summed E-state index contributed by atoms with van der Waals surface area (Å²) < 4.78 is 30.5. The van der Waals surface area contributed by atoms with E-state index in [1.54, 1.807) is 0 Å². The third-order valence-corrected chi connectivity index (χ3v) is 12.7. The molecule has 9 nitrogen and oxygen atoms in total. The van der Waals surface area contributed by atoms with Gasteiger partial charge in [0.05, 0.1) is 33.8 Å². The van der Waals surface area contributed by atoms with Crippen LogP contribution in [0.3, 0.4) is 0 Å². The van der Waals surface area contributed by atoms with Gasteiger partial charge >= 0.3 is 13.8 Å². The predicted molar refractivity (Wildman–Crippen MR) is 291 cm³/mol. The first kappa shape index (κ1) is 65.2. The van der Waals surface area contributed by atoms with Crippen LogP contribution >= 0.6 is 7.82 Å². The van der Waals surface area contributed by atoms with E-state index in [4.69, 9.17) is 13.8 Å². The molecule has 0 saturated heterocycles. The van der Waals surface area contributed by atoms with Crippen molar-refractivity contribution in [2.45, 2.75) is 232 Å². The number of likely N-dealkylation sites (N-methyl/N-ethyl adjacent to an activating group) is 1. The quantitative estimate of drug-likeness (QED) is 0.0156. The van der Waals surface area contributed by atoms with Gasteiger partial charge in [-0.15, -0.1) is 0 Å². The van der Waals surface area contributed by atoms with Crippen molar-refractivity contribution in [2.24, 2.45) is 0 Å². The molecule has 0 aromatic heterocycles. The smallest absolute Gasteiger partial charge is 0.456 e.